The number of allylic oxidation sites excluding steroid dienone is 10. The van der Waals surface area contributed by atoms with Crippen LogP contribution >= 0.6 is 0 Å². The van der Waals surface area contributed by atoms with Crippen molar-refractivity contribution in [1.29, 1.82) is 0 Å². The lowest BCUT2D eigenvalue weighted by Gasteiger charge is -2.17. The van der Waals surface area contributed by atoms with Gasteiger partial charge in [0.1, 0.15) is 11.4 Å². The second-order valence-corrected chi connectivity index (χ2v) is 6.22. The minimum atomic E-state index is -0.602. The molecule has 0 bridgehead atoms. The van der Waals surface area contributed by atoms with E-state index in [1.807, 2.05) is 0 Å². The Morgan fingerprint density at radius 2 is 0.900 bits per heavy atom. The highest BCUT2D eigenvalue weighted by molar-refractivity contribution is 6.25. The first kappa shape index (κ1) is 18.9. The van der Waals surface area contributed by atoms with Crippen molar-refractivity contribution in [3.63, 3.8) is 0 Å². The fraction of sp³-hybridized carbons (Fsp3) is 0. The van der Waals surface area contributed by atoms with Crippen LogP contribution in [0, 0.1) is 0 Å². The molecule has 0 radical (unpaired) electrons. The molecule has 146 valence electrons. The van der Waals surface area contributed by atoms with Gasteiger partial charge in [-0.25, -0.2) is 0 Å². The molecule has 1 aromatic rings. The van der Waals surface area contributed by atoms with Crippen molar-refractivity contribution >= 4 is 34.6 Å². The summed E-state index contributed by atoms with van der Waals surface area (Å²) in [5.41, 5.74) is 0.823. The monoisotopic (exact) mass is 400 g/mol. The summed E-state index contributed by atoms with van der Waals surface area (Å²) in [5.74, 6) is -2.50. The first-order valence-corrected chi connectivity index (χ1v) is 8.76. The number of carbonyl (C=O) groups is 4. The molecular weight excluding hydrogens is 388 g/mol. The van der Waals surface area contributed by atoms with Crippen molar-refractivity contribution < 1.29 is 28.9 Å². The Hall–Kier alpha value is -4.46. The SMILES string of the molecule is O=C1C=CC(=NOC2=C(ON=C3C=CC(=O)C=C3)C(=O)c3ccccc3C2=O)C=C1. The van der Waals surface area contributed by atoms with E-state index in [1.165, 1.54) is 60.7 Å². The van der Waals surface area contributed by atoms with Gasteiger partial charge in [0.25, 0.3) is 11.5 Å². The predicted octanol–water partition coefficient (Wildman–Crippen LogP) is 2.41. The Bertz CT molecular complexity index is 1080. The molecule has 3 aliphatic rings. The number of Topliss-reactive ketones (excluding diaryl/α,β-unsaturated/α-hetero) is 2. The number of oxime groups is 2. The Morgan fingerprint density at radius 1 is 0.533 bits per heavy atom. The number of benzene rings is 1. The van der Waals surface area contributed by atoms with Gasteiger partial charge in [-0.1, -0.05) is 34.6 Å². The molecule has 4 rings (SSSR count). The van der Waals surface area contributed by atoms with Crippen molar-refractivity contribution in [3.05, 3.63) is 95.5 Å². The van der Waals surface area contributed by atoms with Crippen LogP contribution in [0.1, 0.15) is 20.7 Å². The highest BCUT2D eigenvalue weighted by Crippen LogP contribution is 2.28. The normalized spacial score (nSPS) is 17.5. The van der Waals surface area contributed by atoms with Crippen LogP contribution in [0.25, 0.3) is 0 Å². The third kappa shape index (κ3) is 3.74. The van der Waals surface area contributed by atoms with E-state index in [2.05, 4.69) is 10.3 Å². The quantitative estimate of drug-likeness (QED) is 0.567. The standard InChI is InChI=1S/C22H12N2O6/c25-15-9-5-13(6-10-15)23-29-21-19(27)17-3-1-2-4-18(17)20(28)22(21)30-24-14-7-11-16(26)12-8-14/h1-12H. The minimum absolute atomic E-state index is 0.144. The van der Waals surface area contributed by atoms with E-state index in [0.717, 1.165) is 0 Å². The molecule has 30 heavy (non-hydrogen) atoms. The molecule has 0 fully saturated rings. The van der Waals surface area contributed by atoms with Gasteiger partial charge >= 0.3 is 0 Å². The summed E-state index contributed by atoms with van der Waals surface area (Å²) in [6.45, 7) is 0. The van der Waals surface area contributed by atoms with Crippen molar-refractivity contribution in [2.75, 3.05) is 0 Å². The Kier molecular flexibility index (Phi) is 4.96. The number of rotatable bonds is 4. The van der Waals surface area contributed by atoms with Crippen molar-refractivity contribution in [2.45, 2.75) is 0 Å². The lowest BCUT2D eigenvalue weighted by molar-refractivity contribution is -0.111. The van der Waals surface area contributed by atoms with Gasteiger partial charge < -0.3 is 9.68 Å². The van der Waals surface area contributed by atoms with Crippen molar-refractivity contribution in [1.82, 2.24) is 0 Å². The predicted molar refractivity (Wildman–Crippen MR) is 106 cm³/mol. The first-order valence-electron chi connectivity index (χ1n) is 8.76. The van der Waals surface area contributed by atoms with Gasteiger partial charge in [-0.05, 0) is 48.6 Å². The van der Waals surface area contributed by atoms with E-state index in [9.17, 15) is 19.2 Å². The minimum Gasteiger partial charge on any atom is -0.348 e. The van der Waals surface area contributed by atoms with Crippen molar-refractivity contribution in [3.8, 4) is 0 Å². The number of nitrogens with zero attached hydrogens (tertiary/aromatic N) is 2. The molecule has 0 N–H and O–H groups in total. The van der Waals surface area contributed by atoms with Gasteiger partial charge in [0.05, 0.1) is 0 Å². The lowest BCUT2D eigenvalue weighted by atomic mass is 9.92. The zero-order valence-electron chi connectivity index (χ0n) is 15.3. The second-order valence-electron chi connectivity index (χ2n) is 6.22. The number of ketones is 4. The molecule has 0 aromatic heterocycles. The van der Waals surface area contributed by atoms with Crippen LogP contribution < -0.4 is 0 Å². The van der Waals surface area contributed by atoms with E-state index >= 15 is 0 Å². The maximum atomic E-state index is 12.9. The van der Waals surface area contributed by atoms with Crippen LogP contribution in [0.4, 0.5) is 0 Å². The van der Waals surface area contributed by atoms with E-state index < -0.39 is 23.1 Å². The Morgan fingerprint density at radius 3 is 1.27 bits per heavy atom. The number of hydrogen-bond acceptors (Lipinski definition) is 8. The van der Waals surface area contributed by atoms with E-state index in [4.69, 9.17) is 9.68 Å². The van der Waals surface area contributed by atoms with Crippen LogP contribution in [0.5, 0.6) is 0 Å². The van der Waals surface area contributed by atoms with Crippen LogP contribution in [0.2, 0.25) is 0 Å². The maximum absolute atomic E-state index is 12.9. The zero-order chi connectivity index (χ0) is 21.1. The fourth-order valence-electron chi connectivity index (χ4n) is 2.71. The van der Waals surface area contributed by atoms with E-state index in [-0.39, 0.29) is 34.1 Å². The Balaban J connectivity index is 1.70. The van der Waals surface area contributed by atoms with Crippen LogP contribution in [-0.2, 0) is 19.3 Å². The maximum Gasteiger partial charge on any atom is 0.255 e. The van der Waals surface area contributed by atoms with Crippen LogP contribution in [0.15, 0.2) is 94.7 Å². The molecule has 8 nitrogen and oxygen atoms in total. The fourth-order valence-corrected chi connectivity index (χ4v) is 2.71. The molecule has 0 heterocycles. The third-order valence-electron chi connectivity index (χ3n) is 4.19. The topological polar surface area (TPSA) is 111 Å². The highest BCUT2D eigenvalue weighted by Gasteiger charge is 2.36. The van der Waals surface area contributed by atoms with Gasteiger partial charge in [0, 0.05) is 11.1 Å². The number of carbonyl (C=O) groups excluding carboxylic acids is 4. The molecule has 0 amide bonds. The van der Waals surface area contributed by atoms with Crippen LogP contribution in [-0.4, -0.2) is 34.6 Å². The second kappa shape index (κ2) is 7.88. The molecule has 0 spiro atoms. The zero-order valence-corrected chi connectivity index (χ0v) is 15.3. The third-order valence-corrected chi connectivity index (χ3v) is 4.19. The molecule has 0 unspecified atom stereocenters. The summed E-state index contributed by atoms with van der Waals surface area (Å²) in [6.07, 6.45) is 10.8. The summed E-state index contributed by atoms with van der Waals surface area (Å²) in [6, 6.07) is 6.22. The molecule has 3 aliphatic carbocycles. The van der Waals surface area contributed by atoms with Gasteiger partial charge in [-0.15, -0.1) is 0 Å². The molecule has 0 aliphatic heterocycles. The molecule has 0 saturated carbocycles. The van der Waals surface area contributed by atoms with Crippen LogP contribution in [0.3, 0.4) is 0 Å². The van der Waals surface area contributed by atoms with Gasteiger partial charge in [0.15, 0.2) is 11.6 Å². The summed E-state index contributed by atoms with van der Waals surface area (Å²) < 4.78 is 0. The summed E-state index contributed by atoms with van der Waals surface area (Å²) in [5, 5.41) is 7.63. The average Bonchev–Trinajstić information content (AvgIpc) is 2.77. The average molecular weight is 400 g/mol. The number of hydrogen-bond donors (Lipinski definition) is 0. The molecular formula is C22H12N2O6. The van der Waals surface area contributed by atoms with Crippen molar-refractivity contribution in [2.24, 2.45) is 10.3 Å². The number of fused-ring (bicyclic) bond motifs is 1. The molecule has 8 heteroatoms. The smallest absolute Gasteiger partial charge is 0.255 e. The van der Waals surface area contributed by atoms with Gasteiger partial charge in [0.2, 0.25) is 11.6 Å². The highest BCUT2D eigenvalue weighted by atomic mass is 16.7. The summed E-state index contributed by atoms with van der Waals surface area (Å²) >= 11 is 0. The summed E-state index contributed by atoms with van der Waals surface area (Å²) in [4.78, 5) is 58.7. The van der Waals surface area contributed by atoms with E-state index in [0.29, 0.717) is 0 Å². The van der Waals surface area contributed by atoms with E-state index in [1.54, 1.807) is 12.1 Å². The van der Waals surface area contributed by atoms with Gasteiger partial charge in [-0.2, -0.15) is 0 Å². The summed E-state index contributed by atoms with van der Waals surface area (Å²) in [7, 11) is 0. The molecule has 0 atom stereocenters. The van der Waals surface area contributed by atoms with Gasteiger partial charge in [-0.3, -0.25) is 19.2 Å². The first-order chi connectivity index (χ1) is 14.5. The largest absolute Gasteiger partial charge is 0.348 e. The molecule has 0 saturated heterocycles. The molecule has 1 aromatic carbocycles. The Labute approximate surface area is 169 Å². The lowest BCUT2D eigenvalue weighted by Crippen LogP contribution is -2.24.